The molecule has 0 aliphatic carbocycles. The maximum Gasteiger partial charge on any atom is 0.250 e. The van der Waals surface area contributed by atoms with E-state index < -0.39 is 5.54 Å². The molecule has 1 atom stereocenters. The van der Waals surface area contributed by atoms with Crippen molar-refractivity contribution in [3.63, 3.8) is 0 Å². The summed E-state index contributed by atoms with van der Waals surface area (Å²) in [4.78, 5) is 30.0. The predicted molar refractivity (Wildman–Crippen MR) is 73.5 cm³/mol. The minimum absolute atomic E-state index is 0.0800. The summed E-state index contributed by atoms with van der Waals surface area (Å²) in [6.45, 7) is 7.52. The summed E-state index contributed by atoms with van der Waals surface area (Å²) in [5.74, 6) is 0.0868. The number of hydrogen-bond acceptors (Lipinski definition) is 3. The highest BCUT2D eigenvalue weighted by molar-refractivity contribution is 6.09. The molecule has 0 radical (unpaired) electrons. The lowest BCUT2D eigenvalue weighted by molar-refractivity contribution is -0.135. The molecule has 0 aromatic rings. The number of amidine groups is 1. The van der Waals surface area contributed by atoms with Gasteiger partial charge in [-0.2, -0.15) is 4.99 Å². The van der Waals surface area contributed by atoms with Crippen molar-refractivity contribution in [2.45, 2.75) is 45.2 Å². The molecule has 1 unspecified atom stereocenters. The summed E-state index contributed by atoms with van der Waals surface area (Å²) in [6.07, 6.45) is 7.23. The highest BCUT2D eigenvalue weighted by Crippen LogP contribution is 2.28. The molecular weight excluding hydrogens is 242 g/mol. The highest BCUT2D eigenvalue weighted by Gasteiger charge is 2.45. The first-order chi connectivity index (χ1) is 8.72. The van der Waals surface area contributed by atoms with Gasteiger partial charge in [-0.15, -0.1) is 0 Å². The summed E-state index contributed by atoms with van der Waals surface area (Å²) < 4.78 is 0. The van der Waals surface area contributed by atoms with Gasteiger partial charge in [-0.25, -0.2) is 0 Å². The first-order valence-corrected chi connectivity index (χ1v) is 6.31. The lowest BCUT2D eigenvalue weighted by Gasteiger charge is -2.42. The van der Waals surface area contributed by atoms with Gasteiger partial charge in [-0.1, -0.05) is 6.08 Å². The van der Waals surface area contributed by atoms with Crippen molar-refractivity contribution in [2.24, 2.45) is 4.99 Å². The molecule has 2 rings (SSSR count). The molecule has 0 saturated carbocycles. The quantitative estimate of drug-likeness (QED) is 0.775. The van der Waals surface area contributed by atoms with Crippen LogP contribution in [0.4, 0.5) is 0 Å². The molecule has 2 heterocycles. The number of carbonyl (C=O) groups excluding carboxylic acids is 2. The Morgan fingerprint density at radius 2 is 2.11 bits per heavy atom. The van der Waals surface area contributed by atoms with Crippen LogP contribution in [0, 0.1) is 0 Å². The Labute approximate surface area is 113 Å². The Kier molecular flexibility index (Phi) is 3.08. The Hall–Kier alpha value is -1.91. The molecule has 2 aliphatic rings. The van der Waals surface area contributed by atoms with Crippen molar-refractivity contribution < 1.29 is 9.59 Å². The van der Waals surface area contributed by atoms with Gasteiger partial charge in [0.1, 0.15) is 11.4 Å². The van der Waals surface area contributed by atoms with Crippen LogP contribution in [0.5, 0.6) is 0 Å². The largest absolute Gasteiger partial charge is 0.349 e. The standard InChI is InChI=1S/C14H19N3O2/c1-13(2,3)16-12(19)14(4)9-11(18)15-10-7-5-6-8-17(10)14/h5-8H,9H2,1-4H3,(H,16,19). The summed E-state index contributed by atoms with van der Waals surface area (Å²) >= 11 is 0. The summed E-state index contributed by atoms with van der Waals surface area (Å²) in [5, 5.41) is 2.94. The molecule has 0 bridgehead atoms. The average Bonchev–Trinajstić information content (AvgIpc) is 2.26. The van der Waals surface area contributed by atoms with Crippen LogP contribution in [0.3, 0.4) is 0 Å². The van der Waals surface area contributed by atoms with E-state index in [1.165, 1.54) is 0 Å². The van der Waals surface area contributed by atoms with Crippen LogP contribution in [0.1, 0.15) is 34.1 Å². The number of carbonyl (C=O) groups is 2. The fourth-order valence-electron chi connectivity index (χ4n) is 2.15. The predicted octanol–water partition coefficient (Wildman–Crippen LogP) is 1.37. The topological polar surface area (TPSA) is 61.8 Å². The van der Waals surface area contributed by atoms with Crippen molar-refractivity contribution in [3.05, 3.63) is 24.4 Å². The molecule has 0 spiro atoms. The number of allylic oxidation sites excluding steroid dienone is 2. The van der Waals surface area contributed by atoms with Gasteiger partial charge in [0.2, 0.25) is 5.91 Å². The zero-order valence-electron chi connectivity index (χ0n) is 11.7. The van der Waals surface area contributed by atoms with Gasteiger partial charge in [-0.3, -0.25) is 9.59 Å². The van der Waals surface area contributed by atoms with Crippen LogP contribution >= 0.6 is 0 Å². The van der Waals surface area contributed by atoms with Crippen molar-refractivity contribution >= 4 is 17.6 Å². The lowest BCUT2D eigenvalue weighted by atomic mass is 9.90. The molecule has 0 fully saturated rings. The number of nitrogens with one attached hydrogen (secondary N) is 1. The maximum absolute atomic E-state index is 12.5. The third kappa shape index (κ3) is 2.59. The SMILES string of the molecule is CC(C)(C)NC(=O)C1(C)CC(=O)N=C2C=CC=CN21. The van der Waals surface area contributed by atoms with E-state index >= 15 is 0 Å². The van der Waals surface area contributed by atoms with E-state index in [2.05, 4.69) is 10.3 Å². The van der Waals surface area contributed by atoms with Gasteiger partial charge in [-0.05, 0) is 39.8 Å². The van der Waals surface area contributed by atoms with Crippen LogP contribution in [0.2, 0.25) is 0 Å². The zero-order chi connectivity index (χ0) is 14.3. The second kappa shape index (κ2) is 4.33. The molecular formula is C14H19N3O2. The van der Waals surface area contributed by atoms with E-state index in [0.29, 0.717) is 5.84 Å². The van der Waals surface area contributed by atoms with Crippen molar-refractivity contribution in [1.29, 1.82) is 0 Å². The molecule has 0 aromatic heterocycles. The van der Waals surface area contributed by atoms with E-state index in [1.54, 1.807) is 30.2 Å². The van der Waals surface area contributed by atoms with E-state index in [9.17, 15) is 9.59 Å². The van der Waals surface area contributed by atoms with Crippen LogP contribution in [-0.4, -0.2) is 33.6 Å². The van der Waals surface area contributed by atoms with E-state index in [-0.39, 0.29) is 23.8 Å². The van der Waals surface area contributed by atoms with Crippen LogP contribution in [0.25, 0.3) is 0 Å². The molecule has 0 saturated heterocycles. The first kappa shape index (κ1) is 13.5. The molecule has 19 heavy (non-hydrogen) atoms. The van der Waals surface area contributed by atoms with Gasteiger partial charge in [0.05, 0.1) is 6.42 Å². The Balaban J connectivity index is 2.34. The zero-order valence-corrected chi connectivity index (χ0v) is 11.7. The second-order valence-corrected chi connectivity index (χ2v) is 6.09. The van der Waals surface area contributed by atoms with Gasteiger partial charge in [0.25, 0.3) is 5.91 Å². The minimum Gasteiger partial charge on any atom is -0.349 e. The average molecular weight is 261 g/mol. The smallest absolute Gasteiger partial charge is 0.250 e. The third-order valence-corrected chi connectivity index (χ3v) is 3.08. The van der Waals surface area contributed by atoms with Gasteiger partial charge >= 0.3 is 0 Å². The summed E-state index contributed by atoms with van der Waals surface area (Å²) in [7, 11) is 0. The number of rotatable bonds is 1. The Morgan fingerprint density at radius 1 is 1.42 bits per heavy atom. The van der Waals surface area contributed by atoms with E-state index in [4.69, 9.17) is 0 Å². The van der Waals surface area contributed by atoms with Crippen LogP contribution in [0.15, 0.2) is 29.4 Å². The van der Waals surface area contributed by atoms with Crippen molar-refractivity contribution in [2.75, 3.05) is 0 Å². The number of aliphatic imine (C=N–C) groups is 1. The summed E-state index contributed by atoms with van der Waals surface area (Å²) in [5.41, 5.74) is -1.27. The number of fused-ring (bicyclic) bond motifs is 1. The van der Waals surface area contributed by atoms with Crippen molar-refractivity contribution in [1.82, 2.24) is 10.2 Å². The lowest BCUT2D eigenvalue weighted by Crippen LogP contribution is -2.62. The Bertz CT molecular complexity index is 511. The molecule has 0 aromatic carbocycles. The number of hydrogen-bond donors (Lipinski definition) is 1. The highest BCUT2D eigenvalue weighted by atomic mass is 16.2. The molecule has 5 nitrogen and oxygen atoms in total. The monoisotopic (exact) mass is 261 g/mol. The fourth-order valence-corrected chi connectivity index (χ4v) is 2.15. The third-order valence-electron chi connectivity index (χ3n) is 3.08. The number of nitrogens with zero attached hydrogens (tertiary/aromatic N) is 2. The second-order valence-electron chi connectivity index (χ2n) is 6.09. The molecule has 2 amide bonds. The van der Waals surface area contributed by atoms with E-state index in [0.717, 1.165) is 0 Å². The van der Waals surface area contributed by atoms with Crippen LogP contribution < -0.4 is 5.32 Å². The van der Waals surface area contributed by atoms with Crippen molar-refractivity contribution in [3.8, 4) is 0 Å². The Morgan fingerprint density at radius 3 is 2.74 bits per heavy atom. The van der Waals surface area contributed by atoms with Crippen LogP contribution in [-0.2, 0) is 9.59 Å². The normalized spacial score (nSPS) is 26.0. The van der Waals surface area contributed by atoms with Gasteiger partial charge in [0.15, 0.2) is 0 Å². The van der Waals surface area contributed by atoms with Gasteiger partial charge < -0.3 is 10.2 Å². The minimum atomic E-state index is -0.928. The number of amides is 2. The van der Waals surface area contributed by atoms with E-state index in [1.807, 2.05) is 26.8 Å². The molecule has 102 valence electrons. The summed E-state index contributed by atoms with van der Waals surface area (Å²) in [6, 6.07) is 0. The molecule has 2 aliphatic heterocycles. The van der Waals surface area contributed by atoms with Gasteiger partial charge in [0, 0.05) is 11.7 Å². The fraction of sp³-hybridized carbons (Fsp3) is 0.500. The maximum atomic E-state index is 12.5. The molecule has 1 N–H and O–H groups in total. The molecule has 5 heteroatoms. The first-order valence-electron chi connectivity index (χ1n) is 6.31.